The van der Waals surface area contributed by atoms with Crippen molar-refractivity contribution in [1.82, 2.24) is 4.90 Å². The highest BCUT2D eigenvalue weighted by Crippen LogP contribution is 2.27. The van der Waals surface area contributed by atoms with Gasteiger partial charge in [-0.2, -0.15) is 0 Å². The van der Waals surface area contributed by atoms with Gasteiger partial charge in [-0.25, -0.2) is 4.79 Å². The second-order valence-corrected chi connectivity index (χ2v) is 5.52. The Labute approximate surface area is 115 Å². The fourth-order valence-electron chi connectivity index (χ4n) is 2.74. The molecule has 3 N–H and O–H groups in total. The van der Waals surface area contributed by atoms with E-state index in [1.807, 2.05) is 6.92 Å². The van der Waals surface area contributed by atoms with E-state index >= 15 is 0 Å². The molecule has 110 valence electrons. The summed E-state index contributed by atoms with van der Waals surface area (Å²) in [6.07, 6.45) is 4.01. The number of carbonyl (C=O) groups is 2. The molecule has 3 unspecified atom stereocenters. The Morgan fingerprint density at radius 1 is 1.47 bits per heavy atom. The molecule has 3 atom stereocenters. The molecule has 0 saturated carbocycles. The molecule has 1 saturated heterocycles. The number of hydrogen-bond acceptors (Lipinski definition) is 3. The van der Waals surface area contributed by atoms with Crippen molar-refractivity contribution in [1.29, 1.82) is 0 Å². The maximum absolute atomic E-state index is 12.3. The number of carboxylic acid groups (broad SMARTS) is 1. The van der Waals surface area contributed by atoms with E-state index in [0.717, 1.165) is 25.7 Å². The van der Waals surface area contributed by atoms with Crippen molar-refractivity contribution in [3.8, 4) is 0 Å². The van der Waals surface area contributed by atoms with Crippen molar-refractivity contribution < 1.29 is 14.7 Å². The summed E-state index contributed by atoms with van der Waals surface area (Å²) in [5.74, 6) is -0.624. The minimum Gasteiger partial charge on any atom is -0.480 e. The van der Waals surface area contributed by atoms with Gasteiger partial charge in [0.25, 0.3) is 0 Å². The van der Waals surface area contributed by atoms with E-state index in [4.69, 9.17) is 5.73 Å². The average molecular weight is 270 g/mol. The first kappa shape index (κ1) is 16.0. The van der Waals surface area contributed by atoms with Crippen molar-refractivity contribution in [2.45, 2.75) is 52.0 Å². The van der Waals surface area contributed by atoms with Crippen molar-refractivity contribution in [3.63, 3.8) is 0 Å². The van der Waals surface area contributed by atoms with Crippen LogP contribution in [-0.2, 0) is 9.59 Å². The molecule has 1 rings (SSSR count). The number of hydrogen-bond donors (Lipinski definition) is 2. The van der Waals surface area contributed by atoms with E-state index in [0.29, 0.717) is 25.4 Å². The van der Waals surface area contributed by atoms with Crippen LogP contribution in [0.4, 0.5) is 0 Å². The summed E-state index contributed by atoms with van der Waals surface area (Å²) in [4.78, 5) is 25.3. The molecule has 1 fully saturated rings. The summed E-state index contributed by atoms with van der Waals surface area (Å²) in [6, 6.07) is -0.647. The Morgan fingerprint density at radius 2 is 2.16 bits per heavy atom. The number of rotatable bonds is 6. The van der Waals surface area contributed by atoms with E-state index in [9.17, 15) is 14.7 Å². The van der Waals surface area contributed by atoms with Crippen LogP contribution in [0, 0.1) is 11.8 Å². The molecule has 0 aromatic carbocycles. The van der Waals surface area contributed by atoms with Gasteiger partial charge in [-0.15, -0.1) is 0 Å². The SMILES string of the molecule is CCC1CCN(C(=O)C(C)CCCN)C(C(=O)O)C1. The van der Waals surface area contributed by atoms with Crippen LogP contribution in [-0.4, -0.2) is 41.0 Å². The molecule has 0 aliphatic carbocycles. The van der Waals surface area contributed by atoms with Crippen LogP contribution in [0.1, 0.15) is 46.0 Å². The third-order valence-electron chi connectivity index (χ3n) is 4.12. The second kappa shape index (κ2) is 7.48. The molecular formula is C14H26N2O3. The van der Waals surface area contributed by atoms with Crippen LogP contribution in [0.15, 0.2) is 0 Å². The summed E-state index contributed by atoms with van der Waals surface area (Å²) < 4.78 is 0. The van der Waals surface area contributed by atoms with Gasteiger partial charge in [0.05, 0.1) is 0 Å². The van der Waals surface area contributed by atoms with Gasteiger partial charge in [0.15, 0.2) is 0 Å². The van der Waals surface area contributed by atoms with Gasteiger partial charge in [-0.05, 0) is 38.1 Å². The van der Waals surface area contributed by atoms with E-state index in [-0.39, 0.29) is 11.8 Å². The van der Waals surface area contributed by atoms with E-state index in [1.54, 1.807) is 4.90 Å². The van der Waals surface area contributed by atoms with Crippen LogP contribution >= 0.6 is 0 Å². The van der Waals surface area contributed by atoms with Gasteiger partial charge in [0, 0.05) is 12.5 Å². The zero-order valence-corrected chi connectivity index (χ0v) is 12.0. The smallest absolute Gasteiger partial charge is 0.326 e. The summed E-state index contributed by atoms with van der Waals surface area (Å²) in [5, 5.41) is 9.31. The minimum atomic E-state index is -0.877. The molecule has 1 heterocycles. The standard InChI is InChI=1S/C14H26N2O3/c1-3-11-6-8-16(12(9-11)14(18)19)13(17)10(2)5-4-7-15/h10-12H,3-9,15H2,1-2H3,(H,18,19). The molecule has 0 aromatic rings. The quantitative estimate of drug-likeness (QED) is 0.765. The lowest BCUT2D eigenvalue weighted by Crippen LogP contribution is -2.51. The number of aliphatic carboxylic acids is 1. The fraction of sp³-hybridized carbons (Fsp3) is 0.857. The Morgan fingerprint density at radius 3 is 2.68 bits per heavy atom. The van der Waals surface area contributed by atoms with Crippen LogP contribution in [0.25, 0.3) is 0 Å². The molecule has 5 nitrogen and oxygen atoms in total. The maximum Gasteiger partial charge on any atom is 0.326 e. The highest BCUT2D eigenvalue weighted by Gasteiger charge is 2.36. The van der Waals surface area contributed by atoms with Crippen LogP contribution in [0.2, 0.25) is 0 Å². The van der Waals surface area contributed by atoms with Crippen LogP contribution in [0.3, 0.4) is 0 Å². The predicted octanol–water partition coefficient (Wildman–Crippen LogP) is 1.46. The summed E-state index contributed by atoms with van der Waals surface area (Å²) in [7, 11) is 0. The first-order valence-corrected chi connectivity index (χ1v) is 7.24. The number of carboxylic acids is 1. The van der Waals surface area contributed by atoms with Gasteiger partial charge in [-0.3, -0.25) is 4.79 Å². The summed E-state index contributed by atoms with van der Waals surface area (Å²) in [5.41, 5.74) is 5.45. The third-order valence-corrected chi connectivity index (χ3v) is 4.12. The average Bonchev–Trinajstić information content (AvgIpc) is 2.43. The number of likely N-dealkylation sites (tertiary alicyclic amines) is 1. The van der Waals surface area contributed by atoms with Gasteiger partial charge in [0.2, 0.25) is 5.91 Å². The molecule has 0 bridgehead atoms. The molecule has 1 aliphatic rings. The normalized spacial score (nSPS) is 25.1. The zero-order valence-electron chi connectivity index (χ0n) is 12.0. The lowest BCUT2D eigenvalue weighted by molar-refractivity contribution is -0.155. The molecular weight excluding hydrogens is 244 g/mol. The highest BCUT2D eigenvalue weighted by molar-refractivity contribution is 5.85. The first-order chi connectivity index (χ1) is 9.01. The topological polar surface area (TPSA) is 83.6 Å². The van der Waals surface area contributed by atoms with Gasteiger partial charge >= 0.3 is 5.97 Å². The Kier molecular flexibility index (Phi) is 6.28. The Hall–Kier alpha value is -1.10. The van der Waals surface area contributed by atoms with Gasteiger partial charge < -0.3 is 15.7 Å². The molecule has 19 heavy (non-hydrogen) atoms. The van der Waals surface area contributed by atoms with E-state index in [1.165, 1.54) is 0 Å². The van der Waals surface area contributed by atoms with Crippen molar-refractivity contribution in [3.05, 3.63) is 0 Å². The van der Waals surface area contributed by atoms with E-state index < -0.39 is 12.0 Å². The second-order valence-electron chi connectivity index (χ2n) is 5.52. The molecule has 1 amide bonds. The Bertz CT molecular complexity index is 320. The molecule has 0 aromatic heterocycles. The van der Waals surface area contributed by atoms with E-state index in [2.05, 4.69) is 6.92 Å². The molecule has 5 heteroatoms. The highest BCUT2D eigenvalue weighted by atomic mass is 16.4. The van der Waals surface area contributed by atoms with Gasteiger partial charge in [0.1, 0.15) is 6.04 Å². The number of nitrogens with zero attached hydrogens (tertiary/aromatic N) is 1. The lowest BCUT2D eigenvalue weighted by Gasteiger charge is -2.38. The molecule has 0 spiro atoms. The zero-order chi connectivity index (χ0) is 14.4. The third kappa shape index (κ3) is 4.20. The predicted molar refractivity (Wildman–Crippen MR) is 73.6 cm³/mol. The summed E-state index contributed by atoms with van der Waals surface area (Å²) >= 11 is 0. The van der Waals surface area contributed by atoms with Gasteiger partial charge in [-0.1, -0.05) is 20.3 Å². The first-order valence-electron chi connectivity index (χ1n) is 7.24. The summed E-state index contributed by atoms with van der Waals surface area (Å²) in [6.45, 7) is 5.08. The largest absolute Gasteiger partial charge is 0.480 e. The number of piperidine rings is 1. The fourth-order valence-corrected chi connectivity index (χ4v) is 2.74. The van der Waals surface area contributed by atoms with Crippen LogP contribution < -0.4 is 5.73 Å². The monoisotopic (exact) mass is 270 g/mol. The minimum absolute atomic E-state index is 0.0320. The van der Waals surface area contributed by atoms with Crippen molar-refractivity contribution in [2.24, 2.45) is 17.6 Å². The lowest BCUT2D eigenvalue weighted by atomic mass is 9.88. The maximum atomic E-state index is 12.3. The number of amides is 1. The van der Waals surface area contributed by atoms with Crippen molar-refractivity contribution >= 4 is 11.9 Å². The number of carbonyl (C=O) groups excluding carboxylic acids is 1. The Balaban J connectivity index is 2.68. The van der Waals surface area contributed by atoms with Crippen molar-refractivity contribution in [2.75, 3.05) is 13.1 Å². The number of nitrogens with two attached hydrogens (primary N) is 1. The molecule has 1 aliphatic heterocycles. The van der Waals surface area contributed by atoms with Crippen LogP contribution in [0.5, 0.6) is 0 Å². The molecule has 0 radical (unpaired) electrons.